The first kappa shape index (κ1) is 22.4. The summed E-state index contributed by atoms with van der Waals surface area (Å²) in [6.45, 7) is 1.49. The van der Waals surface area contributed by atoms with E-state index in [1.165, 1.54) is 19.1 Å². The van der Waals surface area contributed by atoms with E-state index in [-0.39, 0.29) is 40.4 Å². The van der Waals surface area contributed by atoms with E-state index in [1.54, 1.807) is 0 Å². The summed E-state index contributed by atoms with van der Waals surface area (Å²) in [5.74, 6) is 0.454. The van der Waals surface area contributed by atoms with Gasteiger partial charge in [0.1, 0.15) is 5.54 Å². The third-order valence-electron chi connectivity index (χ3n) is 5.20. The average Bonchev–Trinajstić information content (AvgIpc) is 3.04. The molecule has 1 fully saturated rings. The number of hydrogen-bond acceptors (Lipinski definition) is 6. The smallest absolute Gasteiger partial charge is 0.227 e. The number of nitrogen functional groups attached to an aromatic ring is 1. The molecule has 0 aliphatic heterocycles. The van der Waals surface area contributed by atoms with E-state index in [0.29, 0.717) is 17.4 Å². The summed E-state index contributed by atoms with van der Waals surface area (Å²) in [5.41, 5.74) is 5.81. The molecule has 1 heterocycles. The molecule has 8 nitrogen and oxygen atoms in total. The number of rotatable bonds is 6. The van der Waals surface area contributed by atoms with E-state index in [0.717, 1.165) is 38.5 Å². The van der Waals surface area contributed by atoms with Gasteiger partial charge in [-0.15, -0.1) is 0 Å². The van der Waals surface area contributed by atoms with Crippen LogP contribution in [0.4, 0.5) is 11.4 Å². The van der Waals surface area contributed by atoms with Crippen LogP contribution in [0.3, 0.4) is 0 Å². The van der Waals surface area contributed by atoms with Crippen LogP contribution in [0, 0.1) is 0 Å². The SMILES string of the molecule is CC(=O)NC1(c2noc(CCC(=O)Nc3cc(Cl)c(N)c(Cl)c3)n2)CCCCCC1. The number of hydrogen-bond donors (Lipinski definition) is 3. The fourth-order valence-electron chi connectivity index (χ4n) is 3.72. The Morgan fingerprint density at radius 3 is 2.40 bits per heavy atom. The molecule has 1 aliphatic rings. The third kappa shape index (κ3) is 5.43. The van der Waals surface area contributed by atoms with Gasteiger partial charge in [-0.05, 0) is 25.0 Å². The molecule has 1 aliphatic carbocycles. The van der Waals surface area contributed by atoms with Gasteiger partial charge in [0.2, 0.25) is 17.7 Å². The van der Waals surface area contributed by atoms with Crippen LogP contribution in [0.2, 0.25) is 10.0 Å². The minimum absolute atomic E-state index is 0.122. The molecule has 10 heteroatoms. The van der Waals surface area contributed by atoms with Crippen LogP contribution < -0.4 is 16.4 Å². The van der Waals surface area contributed by atoms with Gasteiger partial charge < -0.3 is 20.9 Å². The second-order valence-corrected chi connectivity index (χ2v) is 8.41. The first-order chi connectivity index (χ1) is 14.3. The fraction of sp³-hybridized carbons (Fsp3) is 0.500. The molecule has 0 bridgehead atoms. The minimum atomic E-state index is -0.607. The van der Waals surface area contributed by atoms with E-state index < -0.39 is 5.54 Å². The molecule has 30 heavy (non-hydrogen) atoms. The Labute approximate surface area is 184 Å². The van der Waals surface area contributed by atoms with Crippen molar-refractivity contribution in [2.75, 3.05) is 11.1 Å². The number of amides is 2. The zero-order chi connectivity index (χ0) is 21.7. The largest absolute Gasteiger partial charge is 0.396 e. The second-order valence-electron chi connectivity index (χ2n) is 7.59. The molecule has 1 aromatic carbocycles. The lowest BCUT2D eigenvalue weighted by Crippen LogP contribution is -2.45. The van der Waals surface area contributed by atoms with Gasteiger partial charge in [0.25, 0.3) is 0 Å². The predicted octanol–water partition coefficient (Wildman–Crippen LogP) is 4.22. The summed E-state index contributed by atoms with van der Waals surface area (Å²) in [4.78, 5) is 28.6. The Morgan fingerprint density at radius 2 is 1.80 bits per heavy atom. The molecule has 0 unspecified atom stereocenters. The molecule has 1 aromatic heterocycles. The van der Waals surface area contributed by atoms with E-state index in [9.17, 15) is 9.59 Å². The number of aryl methyl sites for hydroxylation is 1. The molecule has 0 atom stereocenters. The van der Waals surface area contributed by atoms with Crippen molar-refractivity contribution >= 4 is 46.4 Å². The minimum Gasteiger partial charge on any atom is -0.396 e. The highest BCUT2D eigenvalue weighted by Crippen LogP contribution is 2.35. The van der Waals surface area contributed by atoms with Crippen molar-refractivity contribution in [2.45, 2.75) is 63.8 Å². The van der Waals surface area contributed by atoms with Crippen molar-refractivity contribution in [3.8, 4) is 0 Å². The van der Waals surface area contributed by atoms with E-state index >= 15 is 0 Å². The zero-order valence-electron chi connectivity index (χ0n) is 16.8. The Morgan fingerprint density at radius 1 is 1.17 bits per heavy atom. The fourth-order valence-corrected chi connectivity index (χ4v) is 4.21. The number of anilines is 2. The van der Waals surface area contributed by atoms with Crippen LogP contribution in [-0.4, -0.2) is 22.0 Å². The Bertz CT molecular complexity index is 900. The Balaban J connectivity index is 1.64. The maximum Gasteiger partial charge on any atom is 0.227 e. The highest BCUT2D eigenvalue weighted by molar-refractivity contribution is 6.39. The quantitative estimate of drug-likeness (QED) is 0.444. The second kappa shape index (κ2) is 9.66. The van der Waals surface area contributed by atoms with Gasteiger partial charge in [-0.1, -0.05) is 54.0 Å². The molecule has 0 saturated heterocycles. The van der Waals surface area contributed by atoms with Gasteiger partial charge in [0.15, 0.2) is 5.82 Å². The number of nitrogens with zero attached hydrogens (tertiary/aromatic N) is 2. The number of halogens is 2. The summed E-state index contributed by atoms with van der Waals surface area (Å²) in [6.07, 6.45) is 6.14. The van der Waals surface area contributed by atoms with Crippen LogP contribution in [0.5, 0.6) is 0 Å². The van der Waals surface area contributed by atoms with Crippen molar-refractivity contribution in [1.82, 2.24) is 15.5 Å². The number of aromatic nitrogens is 2. The lowest BCUT2D eigenvalue weighted by Gasteiger charge is -2.30. The van der Waals surface area contributed by atoms with E-state index in [2.05, 4.69) is 20.8 Å². The number of nitrogens with one attached hydrogen (secondary N) is 2. The van der Waals surface area contributed by atoms with Crippen molar-refractivity contribution < 1.29 is 14.1 Å². The van der Waals surface area contributed by atoms with Gasteiger partial charge in [0, 0.05) is 25.5 Å². The average molecular weight is 454 g/mol. The molecular formula is C20H25Cl2N5O3. The van der Waals surface area contributed by atoms with Crippen LogP contribution in [0.15, 0.2) is 16.7 Å². The van der Waals surface area contributed by atoms with Gasteiger partial charge in [-0.2, -0.15) is 4.98 Å². The standard InChI is InChI=1S/C20H25Cl2N5O3/c1-12(28)26-20(8-4-2-3-5-9-20)19-25-17(30-27-19)7-6-16(29)24-13-10-14(21)18(23)15(22)11-13/h10-11H,2-9,23H2,1H3,(H,24,29)(H,26,28). The molecular weight excluding hydrogens is 429 g/mol. The summed E-state index contributed by atoms with van der Waals surface area (Å²) in [6, 6.07) is 3.07. The van der Waals surface area contributed by atoms with Crippen LogP contribution in [-0.2, 0) is 21.5 Å². The topological polar surface area (TPSA) is 123 Å². The molecule has 4 N–H and O–H groups in total. The molecule has 2 aromatic rings. The van der Waals surface area contributed by atoms with Crippen molar-refractivity contribution in [3.05, 3.63) is 33.9 Å². The summed E-state index contributed by atoms with van der Waals surface area (Å²) < 4.78 is 5.37. The molecule has 0 spiro atoms. The number of carbonyl (C=O) groups is 2. The van der Waals surface area contributed by atoms with Gasteiger partial charge in [-0.25, -0.2) is 0 Å². The van der Waals surface area contributed by atoms with E-state index in [1.807, 2.05) is 0 Å². The van der Waals surface area contributed by atoms with Crippen molar-refractivity contribution in [3.63, 3.8) is 0 Å². The Hall–Kier alpha value is -2.32. The molecule has 0 radical (unpaired) electrons. The van der Waals surface area contributed by atoms with Crippen LogP contribution >= 0.6 is 23.2 Å². The van der Waals surface area contributed by atoms with Crippen molar-refractivity contribution in [2.24, 2.45) is 0 Å². The van der Waals surface area contributed by atoms with E-state index in [4.69, 9.17) is 33.5 Å². The molecule has 2 amide bonds. The number of benzene rings is 1. The Kier molecular flexibility index (Phi) is 7.20. The predicted molar refractivity (Wildman–Crippen MR) is 115 cm³/mol. The number of carbonyl (C=O) groups excluding carboxylic acids is 2. The molecule has 3 rings (SSSR count). The van der Waals surface area contributed by atoms with Gasteiger partial charge >= 0.3 is 0 Å². The van der Waals surface area contributed by atoms with Crippen LogP contribution in [0.25, 0.3) is 0 Å². The van der Waals surface area contributed by atoms with Gasteiger partial charge in [-0.3, -0.25) is 9.59 Å². The maximum atomic E-state index is 12.3. The number of nitrogens with two attached hydrogens (primary N) is 1. The monoisotopic (exact) mass is 453 g/mol. The first-order valence-electron chi connectivity index (χ1n) is 9.95. The lowest BCUT2D eigenvalue weighted by atomic mass is 9.89. The highest BCUT2D eigenvalue weighted by Gasteiger charge is 2.38. The van der Waals surface area contributed by atoms with Gasteiger partial charge in [0.05, 0.1) is 15.7 Å². The zero-order valence-corrected chi connectivity index (χ0v) is 18.3. The first-order valence-corrected chi connectivity index (χ1v) is 10.7. The highest BCUT2D eigenvalue weighted by atomic mass is 35.5. The summed E-state index contributed by atoms with van der Waals surface area (Å²) >= 11 is 12.0. The molecule has 1 saturated carbocycles. The van der Waals surface area contributed by atoms with Crippen LogP contribution in [0.1, 0.15) is 63.6 Å². The van der Waals surface area contributed by atoms with Crippen molar-refractivity contribution in [1.29, 1.82) is 0 Å². The normalized spacial score (nSPS) is 16.0. The maximum absolute atomic E-state index is 12.3. The third-order valence-corrected chi connectivity index (χ3v) is 5.82. The molecule has 162 valence electrons. The lowest BCUT2D eigenvalue weighted by molar-refractivity contribution is -0.121. The summed E-state index contributed by atoms with van der Waals surface area (Å²) in [7, 11) is 0. The summed E-state index contributed by atoms with van der Waals surface area (Å²) in [5, 5.41) is 10.4.